The molecule has 1 aromatic rings. The molecule has 0 aromatic carbocycles. The Morgan fingerprint density at radius 3 is 2.89 bits per heavy atom. The molecule has 5 heteroatoms. The Balaban J connectivity index is 1.68. The number of amides is 1. The van der Waals surface area contributed by atoms with Gasteiger partial charge >= 0.3 is 0 Å². The van der Waals surface area contributed by atoms with Gasteiger partial charge in [-0.2, -0.15) is 11.8 Å². The SMILES string of the molecule is NCC1CCN(C(=O)c2cc3c(s2)CCSC3)CC1. The van der Waals surface area contributed by atoms with E-state index in [2.05, 4.69) is 6.07 Å². The smallest absolute Gasteiger partial charge is 0.263 e. The number of thiophene rings is 1. The summed E-state index contributed by atoms with van der Waals surface area (Å²) in [5.41, 5.74) is 7.09. The summed E-state index contributed by atoms with van der Waals surface area (Å²) in [6.45, 7) is 2.50. The Bertz CT molecular complexity index is 441. The molecule has 1 amide bonds. The van der Waals surface area contributed by atoms with Crippen LogP contribution in [0.1, 0.15) is 33.0 Å². The molecule has 0 saturated carbocycles. The van der Waals surface area contributed by atoms with Crippen LogP contribution in [0.4, 0.5) is 0 Å². The molecule has 19 heavy (non-hydrogen) atoms. The van der Waals surface area contributed by atoms with Crippen molar-refractivity contribution in [2.24, 2.45) is 11.7 Å². The zero-order valence-corrected chi connectivity index (χ0v) is 12.7. The van der Waals surface area contributed by atoms with E-state index in [0.29, 0.717) is 5.92 Å². The lowest BCUT2D eigenvalue weighted by Crippen LogP contribution is -2.39. The van der Waals surface area contributed by atoms with Gasteiger partial charge in [0.1, 0.15) is 0 Å². The van der Waals surface area contributed by atoms with Crippen LogP contribution in [0.5, 0.6) is 0 Å². The van der Waals surface area contributed by atoms with E-state index in [1.807, 2.05) is 16.7 Å². The monoisotopic (exact) mass is 296 g/mol. The minimum atomic E-state index is 0.236. The first-order valence-corrected chi connectivity index (χ1v) is 8.93. The number of likely N-dealkylation sites (tertiary alicyclic amines) is 1. The number of piperidine rings is 1. The molecule has 2 N–H and O–H groups in total. The van der Waals surface area contributed by atoms with Gasteiger partial charge in [0.25, 0.3) is 5.91 Å². The maximum absolute atomic E-state index is 12.5. The largest absolute Gasteiger partial charge is 0.338 e. The van der Waals surface area contributed by atoms with Crippen LogP contribution in [0.2, 0.25) is 0 Å². The first-order valence-electron chi connectivity index (χ1n) is 6.96. The van der Waals surface area contributed by atoms with Crippen molar-refractivity contribution in [2.45, 2.75) is 25.0 Å². The molecule has 0 unspecified atom stereocenters. The van der Waals surface area contributed by atoms with E-state index in [4.69, 9.17) is 5.73 Å². The highest BCUT2D eigenvalue weighted by molar-refractivity contribution is 7.98. The number of hydrogen-bond donors (Lipinski definition) is 1. The third kappa shape index (κ3) is 2.83. The predicted molar refractivity (Wildman–Crippen MR) is 81.9 cm³/mol. The molecule has 1 fully saturated rings. The Labute approximate surface area is 122 Å². The average Bonchev–Trinajstić information content (AvgIpc) is 2.90. The Morgan fingerprint density at radius 2 is 2.21 bits per heavy atom. The Morgan fingerprint density at radius 1 is 1.42 bits per heavy atom. The zero-order chi connectivity index (χ0) is 13.2. The summed E-state index contributed by atoms with van der Waals surface area (Å²) in [5, 5.41) is 0. The van der Waals surface area contributed by atoms with Crippen molar-refractivity contribution >= 4 is 29.0 Å². The first kappa shape index (κ1) is 13.5. The van der Waals surface area contributed by atoms with E-state index >= 15 is 0 Å². The van der Waals surface area contributed by atoms with E-state index in [9.17, 15) is 4.79 Å². The van der Waals surface area contributed by atoms with Crippen LogP contribution in [0, 0.1) is 5.92 Å². The quantitative estimate of drug-likeness (QED) is 0.911. The van der Waals surface area contributed by atoms with Crippen LogP contribution in [-0.4, -0.2) is 36.2 Å². The molecule has 0 bridgehead atoms. The highest BCUT2D eigenvalue weighted by Crippen LogP contribution is 2.32. The number of aryl methyl sites for hydroxylation is 1. The third-order valence-electron chi connectivity index (χ3n) is 4.07. The minimum absolute atomic E-state index is 0.236. The maximum atomic E-state index is 12.5. The van der Waals surface area contributed by atoms with Gasteiger partial charge < -0.3 is 10.6 Å². The van der Waals surface area contributed by atoms with Gasteiger partial charge in [0.15, 0.2) is 0 Å². The maximum Gasteiger partial charge on any atom is 0.263 e. The van der Waals surface area contributed by atoms with E-state index < -0.39 is 0 Å². The fourth-order valence-electron chi connectivity index (χ4n) is 2.78. The van der Waals surface area contributed by atoms with Gasteiger partial charge in [0, 0.05) is 23.7 Å². The highest BCUT2D eigenvalue weighted by atomic mass is 32.2. The molecule has 3 heterocycles. The second kappa shape index (κ2) is 5.85. The lowest BCUT2D eigenvalue weighted by Gasteiger charge is -2.31. The fourth-order valence-corrected chi connectivity index (χ4v) is 5.12. The molecular weight excluding hydrogens is 276 g/mol. The van der Waals surface area contributed by atoms with Gasteiger partial charge in [-0.1, -0.05) is 0 Å². The van der Waals surface area contributed by atoms with Crippen molar-refractivity contribution in [3.8, 4) is 0 Å². The molecule has 0 atom stereocenters. The summed E-state index contributed by atoms with van der Waals surface area (Å²) < 4.78 is 0. The van der Waals surface area contributed by atoms with Crippen molar-refractivity contribution in [3.63, 3.8) is 0 Å². The fraction of sp³-hybridized carbons (Fsp3) is 0.643. The van der Waals surface area contributed by atoms with Crippen molar-refractivity contribution in [1.82, 2.24) is 4.90 Å². The number of rotatable bonds is 2. The number of carbonyl (C=O) groups excluding carboxylic acids is 1. The average molecular weight is 296 g/mol. The molecule has 2 aliphatic heterocycles. The molecular formula is C14H20N2OS2. The van der Waals surface area contributed by atoms with Gasteiger partial charge in [0.05, 0.1) is 4.88 Å². The molecule has 1 aromatic heterocycles. The number of thioether (sulfide) groups is 1. The summed E-state index contributed by atoms with van der Waals surface area (Å²) in [4.78, 5) is 16.9. The van der Waals surface area contributed by atoms with Crippen molar-refractivity contribution in [3.05, 3.63) is 21.4 Å². The second-order valence-electron chi connectivity index (χ2n) is 5.33. The van der Waals surface area contributed by atoms with Crippen LogP contribution >= 0.6 is 23.1 Å². The van der Waals surface area contributed by atoms with Gasteiger partial charge in [-0.15, -0.1) is 11.3 Å². The predicted octanol–water partition coefficient (Wildman–Crippen LogP) is 2.35. The minimum Gasteiger partial charge on any atom is -0.338 e. The topological polar surface area (TPSA) is 46.3 Å². The highest BCUT2D eigenvalue weighted by Gasteiger charge is 2.25. The van der Waals surface area contributed by atoms with Crippen molar-refractivity contribution in [2.75, 3.05) is 25.4 Å². The lowest BCUT2D eigenvalue weighted by molar-refractivity contribution is 0.0698. The summed E-state index contributed by atoms with van der Waals surface area (Å²) in [7, 11) is 0. The summed E-state index contributed by atoms with van der Waals surface area (Å²) in [6.07, 6.45) is 3.25. The summed E-state index contributed by atoms with van der Waals surface area (Å²) >= 11 is 3.68. The lowest BCUT2D eigenvalue weighted by atomic mass is 9.97. The standard InChI is InChI=1S/C14H20N2OS2/c15-8-10-1-4-16(5-2-10)14(17)13-7-11-9-18-6-3-12(11)19-13/h7,10H,1-6,8-9,15H2. The molecule has 2 aliphatic rings. The second-order valence-corrected chi connectivity index (χ2v) is 7.57. The van der Waals surface area contributed by atoms with E-state index in [0.717, 1.165) is 49.5 Å². The van der Waals surface area contributed by atoms with E-state index in [1.165, 1.54) is 16.2 Å². The van der Waals surface area contributed by atoms with Crippen LogP contribution in [-0.2, 0) is 12.2 Å². The van der Waals surface area contributed by atoms with Crippen molar-refractivity contribution in [1.29, 1.82) is 0 Å². The molecule has 0 radical (unpaired) electrons. The van der Waals surface area contributed by atoms with Crippen LogP contribution in [0.15, 0.2) is 6.07 Å². The Kier molecular flexibility index (Phi) is 4.15. The van der Waals surface area contributed by atoms with Gasteiger partial charge in [0.2, 0.25) is 0 Å². The van der Waals surface area contributed by atoms with Crippen LogP contribution in [0.25, 0.3) is 0 Å². The molecule has 0 aliphatic carbocycles. The number of fused-ring (bicyclic) bond motifs is 1. The molecule has 1 saturated heterocycles. The van der Waals surface area contributed by atoms with Gasteiger partial charge in [-0.3, -0.25) is 4.79 Å². The van der Waals surface area contributed by atoms with Crippen LogP contribution < -0.4 is 5.73 Å². The van der Waals surface area contributed by atoms with E-state index in [1.54, 1.807) is 11.3 Å². The first-order chi connectivity index (χ1) is 9.28. The summed E-state index contributed by atoms with van der Waals surface area (Å²) in [5.74, 6) is 3.12. The number of nitrogens with zero attached hydrogens (tertiary/aromatic N) is 1. The van der Waals surface area contributed by atoms with Gasteiger partial charge in [-0.05, 0) is 49.1 Å². The van der Waals surface area contributed by atoms with Gasteiger partial charge in [-0.25, -0.2) is 0 Å². The number of nitrogens with two attached hydrogens (primary N) is 1. The normalized spacial score (nSPS) is 20.4. The Hall–Kier alpha value is -0.520. The molecule has 0 spiro atoms. The third-order valence-corrected chi connectivity index (χ3v) is 6.31. The van der Waals surface area contributed by atoms with Crippen LogP contribution in [0.3, 0.4) is 0 Å². The van der Waals surface area contributed by atoms with Crippen molar-refractivity contribution < 1.29 is 4.79 Å². The number of carbonyl (C=O) groups is 1. The molecule has 104 valence electrons. The molecule has 3 rings (SSSR count). The van der Waals surface area contributed by atoms with E-state index in [-0.39, 0.29) is 5.91 Å². The molecule has 3 nitrogen and oxygen atoms in total. The summed E-state index contributed by atoms with van der Waals surface area (Å²) in [6, 6.07) is 2.13. The zero-order valence-electron chi connectivity index (χ0n) is 11.1. The number of hydrogen-bond acceptors (Lipinski definition) is 4.